The van der Waals surface area contributed by atoms with Crippen LogP contribution in [0.25, 0.3) is 0 Å². The first-order valence-electron chi connectivity index (χ1n) is 10.8. The fourth-order valence-corrected chi connectivity index (χ4v) is 3.92. The van der Waals surface area contributed by atoms with Gasteiger partial charge in [0.25, 0.3) is 11.8 Å². The molecule has 0 spiro atoms. The Balaban J connectivity index is 1.62. The van der Waals surface area contributed by atoms with Crippen LogP contribution in [0.3, 0.4) is 0 Å². The number of Topliss-reactive ketones (excluding diaryl/α,β-unsaturated/α-hetero) is 1. The summed E-state index contributed by atoms with van der Waals surface area (Å²) in [7, 11) is 1.65. The van der Waals surface area contributed by atoms with E-state index in [0.717, 1.165) is 18.1 Å². The lowest BCUT2D eigenvalue weighted by Crippen LogP contribution is -2.27. The van der Waals surface area contributed by atoms with Gasteiger partial charge in [-0.25, -0.2) is 0 Å². The Morgan fingerprint density at radius 1 is 0.971 bits per heavy atom. The number of rotatable bonds is 8. The third kappa shape index (κ3) is 5.88. The number of ketones is 1. The van der Waals surface area contributed by atoms with Gasteiger partial charge in [-0.05, 0) is 54.8 Å². The van der Waals surface area contributed by atoms with Crippen LogP contribution in [0.5, 0.6) is 0 Å². The Morgan fingerprint density at radius 2 is 1.50 bits per heavy atom. The second kappa shape index (κ2) is 10.5. The molecule has 178 valence electrons. The minimum Gasteiger partial charge on any atom is -0.387 e. The minimum atomic E-state index is -3.35. The van der Waals surface area contributed by atoms with Crippen molar-refractivity contribution in [3.8, 4) is 0 Å². The molecular weight excluding hydrogens is 460 g/mol. The number of aliphatic hydroxyl groups is 1. The third-order valence-electron chi connectivity index (χ3n) is 5.64. The van der Waals surface area contributed by atoms with Gasteiger partial charge in [-0.15, -0.1) is 0 Å². The number of aliphatic hydroxyl groups excluding tert-OH is 1. The highest BCUT2D eigenvalue weighted by Gasteiger charge is 2.37. The first-order chi connectivity index (χ1) is 16.0. The zero-order valence-electron chi connectivity index (χ0n) is 19.2. The summed E-state index contributed by atoms with van der Waals surface area (Å²) in [6.45, 7) is 2.95. The van der Waals surface area contributed by atoms with Crippen molar-refractivity contribution in [3.63, 3.8) is 0 Å². The average molecular weight is 486 g/mol. The highest BCUT2D eigenvalue weighted by atomic mass is 35.5. The van der Waals surface area contributed by atoms with E-state index in [0.29, 0.717) is 21.8 Å². The number of nitrogens with zero attached hydrogens (tertiary/aromatic N) is 1. The fourth-order valence-electron chi connectivity index (χ4n) is 3.56. The lowest BCUT2D eigenvalue weighted by atomic mass is 9.98. The lowest BCUT2D eigenvalue weighted by molar-refractivity contribution is -0.117. The molecule has 0 bridgehead atoms. The molecule has 3 rings (SSSR count). The molecule has 0 aliphatic carbocycles. The Labute approximate surface area is 202 Å². The van der Waals surface area contributed by atoms with Crippen LogP contribution in [0.15, 0.2) is 66.7 Å². The first-order valence-corrected chi connectivity index (χ1v) is 11.2. The van der Waals surface area contributed by atoms with Gasteiger partial charge in [0.05, 0.1) is 10.7 Å². The van der Waals surface area contributed by atoms with Crippen molar-refractivity contribution in [2.75, 3.05) is 11.9 Å². The number of aryl methyl sites for hydroxylation is 1. The topological polar surface area (TPSA) is 57.6 Å². The zero-order chi connectivity index (χ0) is 25.0. The molecule has 34 heavy (non-hydrogen) atoms. The van der Waals surface area contributed by atoms with Crippen LogP contribution in [0.1, 0.15) is 39.5 Å². The third-order valence-corrected chi connectivity index (χ3v) is 5.94. The SMILES string of the molecule is Cc1ccc(N(C)C(=O)c2ccc(CC(=O)Cc3ccc(C(F)(F)[C@@H](C)O)cc3)cc2)c(Cl)c1. The maximum Gasteiger partial charge on any atom is 0.298 e. The normalized spacial score (nSPS) is 12.3. The van der Waals surface area contributed by atoms with Crippen molar-refractivity contribution in [1.29, 1.82) is 0 Å². The molecule has 0 unspecified atom stereocenters. The van der Waals surface area contributed by atoms with Crippen LogP contribution in [0.2, 0.25) is 5.02 Å². The van der Waals surface area contributed by atoms with Crippen LogP contribution in [-0.4, -0.2) is 29.9 Å². The van der Waals surface area contributed by atoms with E-state index in [9.17, 15) is 23.5 Å². The van der Waals surface area contributed by atoms with Gasteiger partial charge in [0.15, 0.2) is 0 Å². The van der Waals surface area contributed by atoms with Crippen LogP contribution >= 0.6 is 11.6 Å². The predicted octanol–water partition coefficient (Wildman–Crippen LogP) is 5.75. The van der Waals surface area contributed by atoms with Crippen LogP contribution in [0.4, 0.5) is 14.5 Å². The summed E-state index contributed by atoms with van der Waals surface area (Å²) in [6.07, 6.45) is -1.56. The molecule has 7 heteroatoms. The quantitative estimate of drug-likeness (QED) is 0.442. The van der Waals surface area contributed by atoms with Gasteiger partial charge in [-0.2, -0.15) is 8.78 Å². The number of hydrogen-bond donors (Lipinski definition) is 1. The molecule has 0 radical (unpaired) electrons. The molecule has 0 aliphatic rings. The van der Waals surface area contributed by atoms with E-state index >= 15 is 0 Å². The molecule has 0 heterocycles. The maximum atomic E-state index is 13.9. The van der Waals surface area contributed by atoms with E-state index in [4.69, 9.17) is 11.6 Å². The number of carbonyl (C=O) groups excluding carboxylic acids is 2. The number of anilines is 1. The zero-order valence-corrected chi connectivity index (χ0v) is 19.9. The van der Waals surface area contributed by atoms with E-state index in [1.165, 1.54) is 29.2 Å². The standard InChI is InChI=1S/C27H26ClF2NO3/c1-17-4-13-25(24(28)14-17)31(3)26(34)21-9-5-19(6-10-21)15-23(33)16-20-7-11-22(12-8-20)27(29,30)18(2)32/h4-14,18,32H,15-16H2,1-3H3/t18-/m1/s1. The van der Waals surface area contributed by atoms with Crippen LogP contribution in [-0.2, 0) is 23.6 Å². The molecule has 3 aromatic rings. The van der Waals surface area contributed by atoms with Gasteiger partial charge >= 0.3 is 0 Å². The number of alkyl halides is 2. The van der Waals surface area contributed by atoms with Gasteiger partial charge in [0, 0.05) is 31.0 Å². The molecule has 0 aromatic heterocycles. The fraction of sp³-hybridized carbons (Fsp3) is 0.259. The summed E-state index contributed by atoms with van der Waals surface area (Å²) in [5, 5.41) is 9.73. The van der Waals surface area contributed by atoms with Gasteiger partial charge in [0.1, 0.15) is 11.9 Å². The number of hydrogen-bond acceptors (Lipinski definition) is 3. The van der Waals surface area contributed by atoms with Gasteiger partial charge in [0.2, 0.25) is 0 Å². The van der Waals surface area contributed by atoms with E-state index in [1.54, 1.807) is 43.4 Å². The summed E-state index contributed by atoms with van der Waals surface area (Å²) >= 11 is 6.27. The van der Waals surface area contributed by atoms with Crippen molar-refractivity contribution >= 4 is 29.0 Å². The maximum absolute atomic E-state index is 13.9. The second-order valence-corrected chi connectivity index (χ2v) is 8.81. The van der Waals surface area contributed by atoms with Crippen LogP contribution in [0, 0.1) is 6.92 Å². The lowest BCUT2D eigenvalue weighted by Gasteiger charge is -2.19. The molecule has 1 N–H and O–H groups in total. The van der Waals surface area contributed by atoms with E-state index in [-0.39, 0.29) is 30.1 Å². The molecule has 0 saturated carbocycles. The monoisotopic (exact) mass is 485 g/mol. The van der Waals surface area contributed by atoms with Crippen molar-refractivity contribution in [2.24, 2.45) is 0 Å². The largest absolute Gasteiger partial charge is 0.387 e. The van der Waals surface area contributed by atoms with E-state index < -0.39 is 12.0 Å². The van der Waals surface area contributed by atoms with E-state index in [1.807, 2.05) is 13.0 Å². The summed E-state index contributed by atoms with van der Waals surface area (Å²) in [5.74, 6) is -3.66. The number of halogens is 3. The van der Waals surface area contributed by atoms with Crippen molar-refractivity contribution in [2.45, 2.75) is 38.7 Å². The Bertz CT molecular complexity index is 1180. The number of amides is 1. The molecule has 1 amide bonds. The molecule has 3 aromatic carbocycles. The molecule has 0 fully saturated rings. The van der Waals surface area contributed by atoms with Gasteiger partial charge < -0.3 is 10.0 Å². The molecule has 0 saturated heterocycles. The van der Waals surface area contributed by atoms with Crippen LogP contribution < -0.4 is 4.90 Å². The molecule has 1 atom stereocenters. The second-order valence-electron chi connectivity index (χ2n) is 8.40. The highest BCUT2D eigenvalue weighted by molar-refractivity contribution is 6.34. The summed E-state index contributed by atoms with van der Waals surface area (Å²) in [5.41, 5.74) is 3.13. The van der Waals surface area contributed by atoms with Crippen molar-refractivity contribution < 1.29 is 23.5 Å². The summed E-state index contributed by atoms with van der Waals surface area (Å²) < 4.78 is 27.8. The molecule has 0 aliphatic heterocycles. The number of benzene rings is 3. The van der Waals surface area contributed by atoms with Crippen molar-refractivity contribution in [1.82, 2.24) is 0 Å². The smallest absolute Gasteiger partial charge is 0.298 e. The van der Waals surface area contributed by atoms with Gasteiger partial charge in [-0.1, -0.05) is 54.1 Å². The summed E-state index contributed by atoms with van der Waals surface area (Å²) in [6, 6.07) is 17.6. The Morgan fingerprint density at radius 3 is 2.00 bits per heavy atom. The van der Waals surface area contributed by atoms with Crippen molar-refractivity contribution in [3.05, 3.63) is 99.6 Å². The van der Waals surface area contributed by atoms with E-state index in [2.05, 4.69) is 0 Å². The molecular formula is C27H26ClF2NO3. The Kier molecular flexibility index (Phi) is 7.85. The van der Waals surface area contributed by atoms with Gasteiger partial charge in [-0.3, -0.25) is 9.59 Å². The predicted molar refractivity (Wildman–Crippen MR) is 130 cm³/mol. The molecule has 4 nitrogen and oxygen atoms in total. The summed E-state index contributed by atoms with van der Waals surface area (Å²) in [4.78, 5) is 26.8. The minimum absolute atomic E-state index is 0.0855. The first kappa shape index (κ1) is 25.5. The highest BCUT2D eigenvalue weighted by Crippen LogP contribution is 2.32. The average Bonchev–Trinajstić information content (AvgIpc) is 2.79. The number of carbonyl (C=O) groups is 2. The Hall–Kier alpha value is -3.09.